The molecule has 112 valence electrons. The van der Waals surface area contributed by atoms with Gasteiger partial charge in [0, 0.05) is 37.6 Å². The van der Waals surface area contributed by atoms with Crippen molar-refractivity contribution in [3.8, 4) is 0 Å². The summed E-state index contributed by atoms with van der Waals surface area (Å²) in [5.41, 5.74) is 2.61. The first-order valence-corrected chi connectivity index (χ1v) is 8.27. The molecule has 0 aromatic carbocycles. The molecule has 3 aromatic heterocycles. The molecule has 1 amide bonds. The summed E-state index contributed by atoms with van der Waals surface area (Å²) in [6.45, 7) is 1.52. The third kappa shape index (κ3) is 2.11. The van der Waals surface area contributed by atoms with Crippen LogP contribution < -0.4 is 0 Å². The average Bonchev–Trinajstić information content (AvgIpc) is 3.27. The molecule has 4 rings (SSSR count). The normalized spacial score (nSPS) is 18.2. The molecule has 1 fully saturated rings. The number of amides is 1. The number of carbonyl (C=O) groups excluding carboxylic acids is 1. The number of thiophene rings is 1. The van der Waals surface area contributed by atoms with E-state index in [-0.39, 0.29) is 11.8 Å². The maximum absolute atomic E-state index is 12.4. The molecule has 4 heterocycles. The number of nitrogens with zero attached hydrogens (tertiary/aromatic N) is 4. The predicted molar refractivity (Wildman–Crippen MR) is 86.1 cm³/mol. The van der Waals surface area contributed by atoms with Crippen molar-refractivity contribution >= 4 is 28.4 Å². The minimum atomic E-state index is 0.126. The Bertz CT molecular complexity index is 824. The monoisotopic (exact) mass is 312 g/mol. The van der Waals surface area contributed by atoms with Gasteiger partial charge in [0.05, 0.1) is 5.56 Å². The molecule has 3 aromatic rings. The zero-order valence-electron chi connectivity index (χ0n) is 12.3. The number of fused-ring (bicyclic) bond motifs is 1. The number of hydrogen-bond acceptors (Lipinski definition) is 4. The Labute approximate surface area is 132 Å². The van der Waals surface area contributed by atoms with Crippen LogP contribution in [0, 0.1) is 0 Å². The Hall–Kier alpha value is -2.21. The SMILES string of the molecule is Cn1c(C2CCN(C(=O)c3ccsc3)C2)nc2cccnc21. The van der Waals surface area contributed by atoms with E-state index in [0.29, 0.717) is 0 Å². The molecule has 1 unspecified atom stereocenters. The second-order valence-electron chi connectivity index (χ2n) is 5.62. The molecule has 1 aliphatic heterocycles. The van der Waals surface area contributed by atoms with Gasteiger partial charge in [-0.15, -0.1) is 0 Å². The standard InChI is InChI=1S/C16H16N4OS/c1-19-14(18-13-3-2-6-17-15(13)19)11-4-7-20(9-11)16(21)12-5-8-22-10-12/h2-3,5-6,8,10-11H,4,7,9H2,1H3. The van der Waals surface area contributed by atoms with Gasteiger partial charge in [-0.1, -0.05) is 0 Å². The quantitative estimate of drug-likeness (QED) is 0.731. The number of aryl methyl sites for hydroxylation is 1. The Morgan fingerprint density at radius 1 is 1.41 bits per heavy atom. The summed E-state index contributed by atoms with van der Waals surface area (Å²) in [6.07, 6.45) is 2.74. The average molecular weight is 312 g/mol. The molecular weight excluding hydrogens is 296 g/mol. The van der Waals surface area contributed by atoms with Gasteiger partial charge in [-0.25, -0.2) is 9.97 Å². The lowest BCUT2D eigenvalue weighted by atomic mass is 10.1. The lowest BCUT2D eigenvalue weighted by molar-refractivity contribution is 0.0791. The van der Waals surface area contributed by atoms with Crippen LogP contribution in [0.1, 0.15) is 28.5 Å². The maximum atomic E-state index is 12.4. The van der Waals surface area contributed by atoms with Crippen molar-refractivity contribution in [1.29, 1.82) is 0 Å². The van der Waals surface area contributed by atoms with E-state index in [2.05, 4.69) is 9.55 Å². The molecular formula is C16H16N4OS. The smallest absolute Gasteiger partial charge is 0.254 e. The Morgan fingerprint density at radius 3 is 3.09 bits per heavy atom. The van der Waals surface area contributed by atoms with Crippen molar-refractivity contribution in [1.82, 2.24) is 19.4 Å². The van der Waals surface area contributed by atoms with Crippen LogP contribution in [-0.2, 0) is 7.05 Å². The molecule has 0 spiro atoms. The lowest BCUT2D eigenvalue weighted by Gasteiger charge is -2.15. The number of likely N-dealkylation sites (tertiary alicyclic amines) is 1. The van der Waals surface area contributed by atoms with Gasteiger partial charge in [0.1, 0.15) is 11.3 Å². The number of carbonyl (C=O) groups is 1. The van der Waals surface area contributed by atoms with E-state index in [4.69, 9.17) is 4.98 Å². The van der Waals surface area contributed by atoms with E-state index in [1.807, 2.05) is 40.9 Å². The summed E-state index contributed by atoms with van der Waals surface area (Å²) in [5, 5.41) is 3.85. The highest BCUT2D eigenvalue weighted by molar-refractivity contribution is 7.08. The topological polar surface area (TPSA) is 51.0 Å². The second kappa shape index (κ2) is 5.21. The van der Waals surface area contributed by atoms with Crippen LogP contribution in [-0.4, -0.2) is 38.4 Å². The van der Waals surface area contributed by atoms with Crippen LogP contribution in [0.4, 0.5) is 0 Å². The molecule has 1 atom stereocenters. The van der Waals surface area contributed by atoms with Crippen molar-refractivity contribution in [2.75, 3.05) is 13.1 Å². The summed E-state index contributed by atoms with van der Waals surface area (Å²) in [6, 6.07) is 5.77. The summed E-state index contributed by atoms with van der Waals surface area (Å²) in [7, 11) is 2.00. The van der Waals surface area contributed by atoms with E-state index >= 15 is 0 Å². The van der Waals surface area contributed by atoms with Gasteiger partial charge in [-0.2, -0.15) is 11.3 Å². The van der Waals surface area contributed by atoms with Crippen LogP contribution in [0.2, 0.25) is 0 Å². The molecule has 5 nitrogen and oxygen atoms in total. The van der Waals surface area contributed by atoms with E-state index in [1.165, 1.54) is 0 Å². The number of imidazole rings is 1. The first-order valence-electron chi connectivity index (χ1n) is 7.33. The fourth-order valence-electron chi connectivity index (χ4n) is 3.13. The highest BCUT2D eigenvalue weighted by Crippen LogP contribution is 2.29. The number of rotatable bonds is 2. The minimum absolute atomic E-state index is 0.126. The van der Waals surface area contributed by atoms with E-state index in [0.717, 1.165) is 42.1 Å². The van der Waals surface area contributed by atoms with Crippen molar-refractivity contribution in [2.24, 2.45) is 7.05 Å². The highest BCUT2D eigenvalue weighted by atomic mass is 32.1. The van der Waals surface area contributed by atoms with E-state index in [9.17, 15) is 4.79 Å². The number of aromatic nitrogens is 3. The molecule has 0 bridgehead atoms. The molecule has 0 saturated carbocycles. The summed E-state index contributed by atoms with van der Waals surface area (Å²) < 4.78 is 2.05. The number of pyridine rings is 1. The molecule has 6 heteroatoms. The molecule has 0 N–H and O–H groups in total. The van der Waals surface area contributed by atoms with Gasteiger partial charge < -0.3 is 9.47 Å². The second-order valence-corrected chi connectivity index (χ2v) is 6.40. The number of hydrogen-bond donors (Lipinski definition) is 0. The van der Waals surface area contributed by atoms with Crippen molar-refractivity contribution < 1.29 is 4.79 Å². The van der Waals surface area contributed by atoms with Crippen LogP contribution in [0.25, 0.3) is 11.2 Å². The van der Waals surface area contributed by atoms with Crippen molar-refractivity contribution in [3.05, 3.63) is 46.5 Å². The van der Waals surface area contributed by atoms with Gasteiger partial charge in [-0.05, 0) is 30.0 Å². The third-order valence-electron chi connectivity index (χ3n) is 4.27. The molecule has 0 aliphatic carbocycles. The predicted octanol–water partition coefficient (Wildman–Crippen LogP) is 2.66. The Kier molecular flexibility index (Phi) is 3.18. The van der Waals surface area contributed by atoms with Crippen LogP contribution in [0.15, 0.2) is 35.2 Å². The van der Waals surface area contributed by atoms with Gasteiger partial charge >= 0.3 is 0 Å². The minimum Gasteiger partial charge on any atom is -0.338 e. The molecule has 0 radical (unpaired) electrons. The van der Waals surface area contributed by atoms with E-state index < -0.39 is 0 Å². The first-order chi connectivity index (χ1) is 10.7. The van der Waals surface area contributed by atoms with Crippen LogP contribution >= 0.6 is 11.3 Å². The zero-order valence-corrected chi connectivity index (χ0v) is 13.1. The van der Waals surface area contributed by atoms with E-state index in [1.54, 1.807) is 17.5 Å². The van der Waals surface area contributed by atoms with Crippen LogP contribution in [0.3, 0.4) is 0 Å². The lowest BCUT2D eigenvalue weighted by Crippen LogP contribution is -2.28. The highest BCUT2D eigenvalue weighted by Gasteiger charge is 2.31. The van der Waals surface area contributed by atoms with Gasteiger partial charge in [0.15, 0.2) is 5.65 Å². The zero-order chi connectivity index (χ0) is 15.1. The third-order valence-corrected chi connectivity index (χ3v) is 4.95. The fourth-order valence-corrected chi connectivity index (χ4v) is 3.76. The summed E-state index contributed by atoms with van der Waals surface area (Å²) >= 11 is 1.56. The summed E-state index contributed by atoms with van der Waals surface area (Å²) in [5.74, 6) is 1.43. The molecule has 1 saturated heterocycles. The van der Waals surface area contributed by atoms with Crippen molar-refractivity contribution in [3.63, 3.8) is 0 Å². The van der Waals surface area contributed by atoms with Gasteiger partial charge in [0.25, 0.3) is 5.91 Å². The van der Waals surface area contributed by atoms with Crippen LogP contribution in [0.5, 0.6) is 0 Å². The first kappa shape index (κ1) is 13.5. The molecule has 22 heavy (non-hydrogen) atoms. The van der Waals surface area contributed by atoms with Gasteiger partial charge in [0.2, 0.25) is 0 Å². The van der Waals surface area contributed by atoms with Gasteiger partial charge in [-0.3, -0.25) is 4.79 Å². The Morgan fingerprint density at radius 2 is 2.32 bits per heavy atom. The fraction of sp³-hybridized carbons (Fsp3) is 0.312. The molecule has 1 aliphatic rings. The largest absolute Gasteiger partial charge is 0.338 e. The Balaban J connectivity index is 1.59. The maximum Gasteiger partial charge on any atom is 0.254 e. The summed E-state index contributed by atoms with van der Waals surface area (Å²) in [4.78, 5) is 23.5. The van der Waals surface area contributed by atoms with Crippen molar-refractivity contribution in [2.45, 2.75) is 12.3 Å².